The number of H-pyrrole nitrogens is 1. The van der Waals surface area contributed by atoms with Crippen LogP contribution in [0.1, 0.15) is 53.1 Å². The predicted octanol–water partition coefficient (Wildman–Crippen LogP) is 3.59. The number of carbonyl (C=O) groups excluding carboxylic acids is 1. The van der Waals surface area contributed by atoms with E-state index in [4.69, 9.17) is 4.52 Å². The number of aromatic amines is 1. The van der Waals surface area contributed by atoms with Gasteiger partial charge in [-0.25, -0.2) is 0 Å². The summed E-state index contributed by atoms with van der Waals surface area (Å²) in [5.74, 6) is 1.58. The minimum atomic E-state index is -0.128. The molecule has 2 fully saturated rings. The Kier molecular flexibility index (Phi) is 4.23. The van der Waals surface area contributed by atoms with Crippen molar-refractivity contribution in [2.45, 2.75) is 45.2 Å². The van der Waals surface area contributed by atoms with E-state index in [-0.39, 0.29) is 11.9 Å². The Morgan fingerprint density at radius 2 is 2.18 bits per heavy atom. The summed E-state index contributed by atoms with van der Waals surface area (Å²) in [5.41, 5.74) is 4.16. The zero-order chi connectivity index (χ0) is 19.3. The third kappa shape index (κ3) is 3.33. The summed E-state index contributed by atoms with van der Waals surface area (Å²) >= 11 is 0. The highest BCUT2D eigenvalue weighted by Crippen LogP contribution is 2.40. The van der Waals surface area contributed by atoms with Crippen LogP contribution < -0.4 is 5.32 Å². The first-order chi connectivity index (χ1) is 13.6. The normalized spacial score (nSPS) is 22.8. The van der Waals surface area contributed by atoms with E-state index in [0.29, 0.717) is 17.5 Å². The van der Waals surface area contributed by atoms with Gasteiger partial charge in [0.05, 0.1) is 0 Å². The van der Waals surface area contributed by atoms with Gasteiger partial charge in [-0.3, -0.25) is 9.69 Å². The molecule has 2 aromatic heterocycles. The fourth-order valence-corrected chi connectivity index (χ4v) is 4.25. The molecule has 0 radical (unpaired) electrons. The third-order valence-electron chi connectivity index (χ3n) is 6.06. The Morgan fingerprint density at radius 3 is 3.00 bits per heavy atom. The van der Waals surface area contributed by atoms with Crippen LogP contribution in [-0.4, -0.2) is 40.1 Å². The number of aryl methyl sites for hydroxylation is 1. The van der Waals surface area contributed by atoms with Crippen LogP contribution in [0.15, 0.2) is 35.0 Å². The minimum absolute atomic E-state index is 0.125. The zero-order valence-corrected chi connectivity index (χ0v) is 16.4. The smallest absolute Gasteiger partial charge is 0.273 e. The van der Waals surface area contributed by atoms with Crippen LogP contribution in [0.4, 0.5) is 0 Å². The van der Waals surface area contributed by atoms with Gasteiger partial charge in [-0.05, 0) is 43.4 Å². The Hall–Kier alpha value is -2.60. The van der Waals surface area contributed by atoms with Crippen molar-refractivity contribution in [1.29, 1.82) is 0 Å². The maximum atomic E-state index is 12.6. The number of rotatable bonds is 5. The topological polar surface area (TPSA) is 74.2 Å². The average molecular weight is 378 g/mol. The van der Waals surface area contributed by atoms with E-state index < -0.39 is 0 Å². The average Bonchev–Trinajstić information content (AvgIpc) is 3.11. The van der Waals surface area contributed by atoms with Crippen LogP contribution in [0.2, 0.25) is 0 Å². The quantitative estimate of drug-likeness (QED) is 0.711. The van der Waals surface area contributed by atoms with Gasteiger partial charge in [-0.1, -0.05) is 23.7 Å². The van der Waals surface area contributed by atoms with Gasteiger partial charge in [0.25, 0.3) is 5.91 Å². The lowest BCUT2D eigenvalue weighted by Crippen LogP contribution is -2.39. The standard InChI is InChI=1S/C22H26N4O2/c1-13-3-6-18-17(7-13)16(9-23-18)11-26-10-14(2)20(12-26)24-22(27)19-8-21(28-25-19)15-4-5-15/h3,6-9,14-15,20,23H,4-5,10-12H2,1-2H3,(H,24,27)/t14-,20?/m0/s1. The zero-order valence-electron chi connectivity index (χ0n) is 16.4. The summed E-state index contributed by atoms with van der Waals surface area (Å²) in [6.07, 6.45) is 4.38. The highest BCUT2D eigenvalue weighted by Gasteiger charge is 2.33. The Bertz CT molecular complexity index is 1020. The molecule has 2 N–H and O–H groups in total. The van der Waals surface area contributed by atoms with E-state index in [9.17, 15) is 4.79 Å². The summed E-state index contributed by atoms with van der Waals surface area (Å²) in [6.45, 7) is 7.02. The highest BCUT2D eigenvalue weighted by molar-refractivity contribution is 5.92. The molecule has 3 aromatic rings. The lowest BCUT2D eigenvalue weighted by molar-refractivity contribution is 0.0922. The van der Waals surface area contributed by atoms with Gasteiger partial charge in [-0.15, -0.1) is 0 Å². The number of nitrogens with zero attached hydrogens (tertiary/aromatic N) is 2. The second-order valence-electron chi connectivity index (χ2n) is 8.50. The first kappa shape index (κ1) is 17.5. The summed E-state index contributed by atoms with van der Waals surface area (Å²) < 4.78 is 5.32. The number of fused-ring (bicyclic) bond motifs is 1. The van der Waals surface area contributed by atoms with Crippen molar-refractivity contribution < 1.29 is 9.32 Å². The van der Waals surface area contributed by atoms with Crippen molar-refractivity contribution in [3.8, 4) is 0 Å². The van der Waals surface area contributed by atoms with Crippen molar-refractivity contribution in [1.82, 2.24) is 20.4 Å². The fourth-order valence-electron chi connectivity index (χ4n) is 4.25. The largest absolute Gasteiger partial charge is 0.361 e. The van der Waals surface area contributed by atoms with Gasteiger partial charge in [0, 0.05) is 54.8 Å². The first-order valence-electron chi connectivity index (χ1n) is 10.1. The van der Waals surface area contributed by atoms with E-state index >= 15 is 0 Å². The van der Waals surface area contributed by atoms with E-state index in [1.807, 2.05) is 0 Å². The molecule has 6 nitrogen and oxygen atoms in total. The molecule has 5 rings (SSSR count). The monoisotopic (exact) mass is 378 g/mol. The number of hydrogen-bond acceptors (Lipinski definition) is 4. The molecule has 28 heavy (non-hydrogen) atoms. The van der Waals surface area contributed by atoms with Gasteiger partial charge in [0.1, 0.15) is 5.76 Å². The van der Waals surface area contributed by atoms with Crippen molar-refractivity contribution in [3.63, 3.8) is 0 Å². The Balaban J connectivity index is 1.24. The molecule has 1 saturated carbocycles. The maximum absolute atomic E-state index is 12.6. The fraction of sp³-hybridized carbons (Fsp3) is 0.455. The summed E-state index contributed by atoms with van der Waals surface area (Å²) in [6, 6.07) is 8.43. The van der Waals surface area contributed by atoms with Gasteiger partial charge < -0.3 is 14.8 Å². The molecule has 2 aliphatic rings. The maximum Gasteiger partial charge on any atom is 0.273 e. The number of aromatic nitrogens is 2. The molecule has 1 unspecified atom stereocenters. The van der Waals surface area contributed by atoms with Crippen LogP contribution in [0.3, 0.4) is 0 Å². The van der Waals surface area contributed by atoms with E-state index in [2.05, 4.69) is 58.6 Å². The van der Waals surface area contributed by atoms with Crippen molar-refractivity contribution in [3.05, 3.63) is 53.0 Å². The molecule has 1 amide bonds. The van der Waals surface area contributed by atoms with Crippen molar-refractivity contribution in [2.24, 2.45) is 5.92 Å². The van der Waals surface area contributed by atoms with Crippen LogP contribution >= 0.6 is 0 Å². The van der Waals surface area contributed by atoms with Gasteiger partial charge in [0.2, 0.25) is 0 Å². The highest BCUT2D eigenvalue weighted by atomic mass is 16.5. The second-order valence-corrected chi connectivity index (χ2v) is 8.50. The number of nitrogens with one attached hydrogen (secondary N) is 2. The lowest BCUT2D eigenvalue weighted by Gasteiger charge is -2.16. The van der Waals surface area contributed by atoms with E-state index in [0.717, 1.165) is 38.2 Å². The van der Waals surface area contributed by atoms with Crippen LogP contribution in [0.5, 0.6) is 0 Å². The number of likely N-dealkylation sites (tertiary alicyclic amines) is 1. The number of benzene rings is 1. The summed E-state index contributed by atoms with van der Waals surface area (Å²) in [4.78, 5) is 18.4. The second kappa shape index (κ2) is 6.78. The molecular weight excluding hydrogens is 352 g/mol. The van der Waals surface area contributed by atoms with E-state index in [1.165, 1.54) is 22.0 Å². The third-order valence-corrected chi connectivity index (χ3v) is 6.06. The molecule has 1 aliphatic heterocycles. The molecule has 6 heteroatoms. The number of amides is 1. The summed E-state index contributed by atoms with van der Waals surface area (Å²) in [5, 5.41) is 8.41. The molecule has 1 saturated heterocycles. The molecule has 1 aliphatic carbocycles. The molecular formula is C22H26N4O2. The molecule has 2 atom stereocenters. The lowest BCUT2D eigenvalue weighted by atomic mass is 10.1. The van der Waals surface area contributed by atoms with Crippen LogP contribution in [0.25, 0.3) is 10.9 Å². The van der Waals surface area contributed by atoms with Gasteiger partial charge in [-0.2, -0.15) is 0 Å². The molecule has 3 heterocycles. The Morgan fingerprint density at radius 1 is 1.32 bits per heavy atom. The van der Waals surface area contributed by atoms with Crippen LogP contribution in [-0.2, 0) is 6.54 Å². The molecule has 1 aromatic carbocycles. The molecule has 146 valence electrons. The van der Waals surface area contributed by atoms with Gasteiger partial charge in [0.15, 0.2) is 5.69 Å². The summed E-state index contributed by atoms with van der Waals surface area (Å²) in [7, 11) is 0. The predicted molar refractivity (Wildman–Crippen MR) is 107 cm³/mol. The SMILES string of the molecule is Cc1ccc2[nH]cc(CN3CC(NC(=O)c4cc(C5CC5)on4)[C@@H](C)C3)c2c1. The number of hydrogen-bond donors (Lipinski definition) is 2. The first-order valence-corrected chi connectivity index (χ1v) is 10.1. The van der Waals surface area contributed by atoms with Crippen molar-refractivity contribution in [2.75, 3.05) is 13.1 Å². The van der Waals surface area contributed by atoms with E-state index in [1.54, 1.807) is 6.07 Å². The van der Waals surface area contributed by atoms with Gasteiger partial charge >= 0.3 is 0 Å². The minimum Gasteiger partial charge on any atom is -0.361 e. The molecule has 0 spiro atoms. The Labute approximate surface area is 164 Å². The molecule has 0 bridgehead atoms. The number of carbonyl (C=O) groups is 1. The van der Waals surface area contributed by atoms with Crippen molar-refractivity contribution >= 4 is 16.8 Å². The van der Waals surface area contributed by atoms with Crippen LogP contribution in [0, 0.1) is 12.8 Å².